The second kappa shape index (κ2) is 10.5. The molecule has 0 N–H and O–H groups in total. The van der Waals surface area contributed by atoms with Crippen molar-refractivity contribution in [3.63, 3.8) is 0 Å². The van der Waals surface area contributed by atoms with Crippen LogP contribution in [-0.4, -0.2) is 6.61 Å². The third-order valence-electron chi connectivity index (χ3n) is 5.67. The summed E-state index contributed by atoms with van der Waals surface area (Å²) in [5, 5.41) is 6.90. The molecule has 2 aromatic carbocycles. The van der Waals surface area contributed by atoms with Crippen molar-refractivity contribution in [2.45, 2.75) is 32.1 Å². The molecule has 0 aliphatic heterocycles. The number of aryl methyl sites for hydroxylation is 1. The fourth-order valence-electron chi connectivity index (χ4n) is 3.98. The molecule has 0 radical (unpaired) electrons. The van der Waals surface area contributed by atoms with Crippen LogP contribution in [0.5, 0.6) is 5.75 Å². The number of ether oxygens (including phenoxy) is 1. The minimum atomic E-state index is 0.794. The largest absolute Gasteiger partial charge is 0.494 e. The van der Waals surface area contributed by atoms with E-state index in [1.54, 1.807) is 0 Å². The summed E-state index contributed by atoms with van der Waals surface area (Å²) >= 11 is 5.61. The van der Waals surface area contributed by atoms with Crippen molar-refractivity contribution < 1.29 is 4.74 Å². The van der Waals surface area contributed by atoms with E-state index in [-0.39, 0.29) is 0 Å². The van der Waals surface area contributed by atoms with Crippen molar-refractivity contribution in [2.75, 3.05) is 6.61 Å². The Kier molecular flexibility index (Phi) is 7.02. The van der Waals surface area contributed by atoms with E-state index >= 15 is 0 Å². The van der Waals surface area contributed by atoms with Crippen LogP contribution in [0.4, 0.5) is 0 Å². The molecule has 1 nitrogen and oxygen atoms in total. The van der Waals surface area contributed by atoms with Crippen LogP contribution in [0, 0.1) is 0 Å². The summed E-state index contributed by atoms with van der Waals surface area (Å²) in [6.07, 6.45) is 5.98. The van der Waals surface area contributed by atoms with Gasteiger partial charge in [0.05, 0.1) is 6.61 Å². The highest BCUT2D eigenvalue weighted by Gasteiger charge is 2.11. The highest BCUT2D eigenvalue weighted by Crippen LogP contribution is 2.40. The smallest absolute Gasteiger partial charge is 0.119 e. The third-order valence-corrected chi connectivity index (χ3v) is 8.96. The maximum Gasteiger partial charge on any atom is 0.119 e. The number of benzene rings is 2. The van der Waals surface area contributed by atoms with Gasteiger partial charge in [0.15, 0.2) is 0 Å². The quantitative estimate of drug-likeness (QED) is 0.183. The molecule has 0 amide bonds. The lowest BCUT2D eigenvalue weighted by molar-refractivity contribution is 0.305. The van der Waals surface area contributed by atoms with Crippen LogP contribution < -0.4 is 4.74 Å². The predicted octanol–water partition coefficient (Wildman–Crippen LogP) is 9.54. The lowest BCUT2D eigenvalue weighted by Crippen LogP contribution is -1.97. The summed E-state index contributed by atoms with van der Waals surface area (Å²) in [4.78, 5) is 5.60. The molecule has 0 unspecified atom stereocenters. The Hall–Kier alpha value is -2.40. The Morgan fingerprint density at radius 1 is 0.625 bits per heavy atom. The van der Waals surface area contributed by atoms with Gasteiger partial charge in [0, 0.05) is 19.5 Å². The van der Waals surface area contributed by atoms with Crippen LogP contribution in [0.3, 0.4) is 0 Å². The molecule has 0 bridgehead atoms. The molecular formula is C28H26OS3. The van der Waals surface area contributed by atoms with Crippen LogP contribution in [0.2, 0.25) is 0 Å². The second-order valence-electron chi connectivity index (χ2n) is 7.94. The van der Waals surface area contributed by atoms with E-state index in [0.717, 1.165) is 25.2 Å². The fourth-order valence-corrected chi connectivity index (χ4v) is 6.94. The van der Waals surface area contributed by atoms with Crippen molar-refractivity contribution >= 4 is 44.8 Å². The van der Waals surface area contributed by atoms with Crippen molar-refractivity contribution in [1.82, 2.24) is 0 Å². The molecule has 3 aromatic heterocycles. The predicted molar refractivity (Wildman–Crippen MR) is 143 cm³/mol. The molecular weight excluding hydrogens is 449 g/mol. The molecule has 5 aromatic rings. The summed E-state index contributed by atoms with van der Waals surface area (Å²) in [7, 11) is 0. The van der Waals surface area contributed by atoms with E-state index in [0.29, 0.717) is 0 Å². The number of fused-ring (bicyclic) bond motifs is 1. The van der Waals surface area contributed by atoms with Crippen LogP contribution in [0.25, 0.3) is 30.3 Å². The topological polar surface area (TPSA) is 9.23 Å². The minimum absolute atomic E-state index is 0.794. The summed E-state index contributed by atoms with van der Waals surface area (Å²) in [6.45, 7) is 0.794. The van der Waals surface area contributed by atoms with Crippen LogP contribution in [0.15, 0.2) is 83.6 Å². The van der Waals surface area contributed by atoms with E-state index in [2.05, 4.69) is 83.6 Å². The summed E-state index contributed by atoms with van der Waals surface area (Å²) in [5.41, 5.74) is 1.50. The molecule has 0 spiro atoms. The fraction of sp³-hybridized carbons (Fsp3) is 0.214. The molecule has 4 heteroatoms. The molecule has 162 valence electrons. The Balaban J connectivity index is 1.06. The van der Waals surface area contributed by atoms with Crippen molar-refractivity contribution in [1.29, 1.82) is 0 Å². The van der Waals surface area contributed by atoms with E-state index in [1.807, 2.05) is 34.0 Å². The summed E-state index contributed by atoms with van der Waals surface area (Å²) in [6, 6.07) is 26.0. The molecule has 32 heavy (non-hydrogen) atoms. The Bertz CT molecular complexity index is 1260. The van der Waals surface area contributed by atoms with Gasteiger partial charge in [-0.15, -0.1) is 34.0 Å². The molecule has 0 saturated heterocycles. The van der Waals surface area contributed by atoms with Gasteiger partial charge in [-0.05, 0) is 82.8 Å². The Morgan fingerprint density at radius 3 is 2.41 bits per heavy atom. The monoisotopic (exact) mass is 474 g/mol. The maximum atomic E-state index is 5.98. The van der Waals surface area contributed by atoms with E-state index in [1.165, 1.54) is 55.1 Å². The minimum Gasteiger partial charge on any atom is -0.494 e. The van der Waals surface area contributed by atoms with Gasteiger partial charge in [-0.2, -0.15) is 0 Å². The van der Waals surface area contributed by atoms with Crippen LogP contribution in [-0.2, 0) is 6.42 Å². The number of hydrogen-bond acceptors (Lipinski definition) is 4. The average molecular weight is 475 g/mol. The molecule has 0 saturated carbocycles. The van der Waals surface area contributed by atoms with Gasteiger partial charge in [0.2, 0.25) is 0 Å². The second-order valence-corrected chi connectivity index (χ2v) is 10.9. The lowest BCUT2D eigenvalue weighted by Gasteiger charge is -2.07. The first kappa shape index (κ1) is 21.4. The maximum absolute atomic E-state index is 5.98. The lowest BCUT2D eigenvalue weighted by atomic mass is 10.1. The van der Waals surface area contributed by atoms with Gasteiger partial charge in [-0.1, -0.05) is 49.2 Å². The number of hydrogen-bond donors (Lipinski definition) is 0. The zero-order valence-corrected chi connectivity index (χ0v) is 20.4. The first-order valence-electron chi connectivity index (χ1n) is 11.2. The van der Waals surface area contributed by atoms with Gasteiger partial charge in [-0.25, -0.2) is 0 Å². The first-order chi connectivity index (χ1) is 15.9. The van der Waals surface area contributed by atoms with Gasteiger partial charge in [0.25, 0.3) is 0 Å². The number of thiophene rings is 3. The zero-order chi connectivity index (χ0) is 21.6. The molecule has 5 rings (SSSR count). The molecule has 0 fully saturated rings. The molecule has 0 aliphatic carbocycles. The van der Waals surface area contributed by atoms with Crippen LogP contribution >= 0.6 is 34.0 Å². The number of unbranched alkanes of at least 4 members (excludes halogenated alkanes) is 3. The van der Waals surface area contributed by atoms with Gasteiger partial charge < -0.3 is 4.74 Å². The normalized spacial score (nSPS) is 11.2. The highest BCUT2D eigenvalue weighted by atomic mass is 32.1. The SMILES string of the molecule is c1csc(-c2ccc(-c3sccc3CCCCCCOc3ccc4ccccc4c3)s2)c1. The highest BCUT2D eigenvalue weighted by molar-refractivity contribution is 7.25. The molecule has 0 atom stereocenters. The summed E-state index contributed by atoms with van der Waals surface area (Å²) < 4.78 is 5.98. The Labute approximate surface area is 202 Å². The van der Waals surface area contributed by atoms with E-state index in [9.17, 15) is 0 Å². The first-order valence-corrected chi connectivity index (χ1v) is 13.8. The number of rotatable bonds is 10. The van der Waals surface area contributed by atoms with Crippen molar-refractivity contribution in [3.05, 3.63) is 89.1 Å². The third kappa shape index (κ3) is 5.15. The van der Waals surface area contributed by atoms with E-state index < -0.39 is 0 Å². The summed E-state index contributed by atoms with van der Waals surface area (Å²) in [5.74, 6) is 0.976. The van der Waals surface area contributed by atoms with Crippen molar-refractivity contribution in [2.24, 2.45) is 0 Å². The Morgan fingerprint density at radius 2 is 1.50 bits per heavy atom. The van der Waals surface area contributed by atoms with Gasteiger partial charge in [-0.3, -0.25) is 0 Å². The van der Waals surface area contributed by atoms with Crippen LogP contribution in [0.1, 0.15) is 31.2 Å². The van der Waals surface area contributed by atoms with Gasteiger partial charge >= 0.3 is 0 Å². The zero-order valence-electron chi connectivity index (χ0n) is 18.0. The average Bonchev–Trinajstić information content (AvgIpc) is 3.59. The van der Waals surface area contributed by atoms with E-state index in [4.69, 9.17) is 4.74 Å². The molecule has 3 heterocycles. The van der Waals surface area contributed by atoms with Crippen molar-refractivity contribution in [3.8, 4) is 25.3 Å². The standard InChI is InChI=1S/C28H26OS3/c1(2-6-17-29-24-13-12-21-8-4-5-10-23(21)20-24)3-9-22-16-19-31-28(22)27-15-14-26(32-27)25-11-7-18-30-25/h4-5,7-8,10-16,18-20H,1-3,6,9,17H2. The van der Waals surface area contributed by atoms with Gasteiger partial charge in [0.1, 0.15) is 5.75 Å². The molecule has 0 aliphatic rings.